The summed E-state index contributed by atoms with van der Waals surface area (Å²) in [6.07, 6.45) is 2.40. The van der Waals surface area contributed by atoms with Crippen LogP contribution in [0, 0.1) is 18.3 Å². The Kier molecular flexibility index (Phi) is 5.92. The van der Waals surface area contributed by atoms with Crippen LogP contribution in [0.2, 0.25) is 0 Å². The topological polar surface area (TPSA) is 0 Å². The monoisotopic (exact) mass is 234 g/mol. The molecule has 2 aromatic carbocycles. The van der Waals surface area contributed by atoms with E-state index in [1.165, 1.54) is 29.9 Å². The number of rotatable bonds is 3. The van der Waals surface area contributed by atoms with Gasteiger partial charge in [-0.05, 0) is 0 Å². The van der Waals surface area contributed by atoms with E-state index in [-0.39, 0.29) is 43.1 Å². The molecule has 0 N–H and O–H groups in total. The first kappa shape index (κ1) is 16.6. The van der Waals surface area contributed by atoms with Crippen LogP contribution in [0.25, 0.3) is 0 Å². The molecule has 19 heavy (non-hydrogen) atoms. The molecule has 1 saturated carbocycles. The van der Waals surface area contributed by atoms with E-state index in [4.69, 9.17) is 0 Å². The zero-order valence-electron chi connectivity index (χ0n) is 11.9. The molecular weight excluding hydrogens is 218 g/mol. The molecule has 0 radical (unpaired) electrons. The Morgan fingerprint density at radius 2 is 1.11 bits per heavy atom. The Balaban J connectivity index is 0.000000902. The third-order valence-electron chi connectivity index (χ3n) is 3.51. The average molecular weight is 234 g/mol. The van der Waals surface area contributed by atoms with Gasteiger partial charge in [-0.2, -0.15) is 5.41 Å². The SMILES string of the molecule is [CH2-]C1([C-](c2ccccc2)c2ccccc2)CC1.[Li+].[Li+]. The van der Waals surface area contributed by atoms with Crippen LogP contribution in [0.4, 0.5) is 0 Å². The fourth-order valence-electron chi connectivity index (χ4n) is 2.39. The molecule has 0 aliphatic heterocycles. The van der Waals surface area contributed by atoms with E-state index in [0.717, 1.165) is 0 Å². The quantitative estimate of drug-likeness (QED) is 0.438. The summed E-state index contributed by atoms with van der Waals surface area (Å²) < 4.78 is 0. The molecule has 0 unspecified atom stereocenters. The molecule has 0 amide bonds. The van der Waals surface area contributed by atoms with Crippen molar-refractivity contribution < 1.29 is 37.7 Å². The summed E-state index contributed by atoms with van der Waals surface area (Å²) in [6.45, 7) is 4.40. The molecule has 2 aromatic rings. The maximum Gasteiger partial charge on any atom is 1.00 e. The molecule has 1 aliphatic carbocycles. The van der Waals surface area contributed by atoms with Crippen molar-refractivity contribution in [2.45, 2.75) is 12.8 Å². The Morgan fingerprint density at radius 3 is 1.42 bits per heavy atom. The first-order valence-electron chi connectivity index (χ1n) is 6.13. The van der Waals surface area contributed by atoms with Crippen molar-refractivity contribution in [3.8, 4) is 0 Å². The maximum absolute atomic E-state index is 4.40. The van der Waals surface area contributed by atoms with Gasteiger partial charge in [0.2, 0.25) is 0 Å². The normalized spacial score (nSPS) is 14.8. The first-order chi connectivity index (χ1) is 8.30. The summed E-state index contributed by atoms with van der Waals surface area (Å²) >= 11 is 0. The van der Waals surface area contributed by atoms with E-state index in [2.05, 4.69) is 67.6 Å². The van der Waals surface area contributed by atoms with Crippen molar-refractivity contribution in [1.29, 1.82) is 0 Å². The fourth-order valence-corrected chi connectivity index (χ4v) is 2.39. The van der Waals surface area contributed by atoms with Gasteiger partial charge in [-0.15, -0.1) is 41.3 Å². The van der Waals surface area contributed by atoms with Crippen LogP contribution in [0.3, 0.4) is 0 Å². The Labute approximate surface area is 140 Å². The minimum atomic E-state index is 0. The van der Waals surface area contributed by atoms with Crippen LogP contribution >= 0.6 is 0 Å². The van der Waals surface area contributed by atoms with Crippen molar-refractivity contribution in [2.75, 3.05) is 0 Å². The van der Waals surface area contributed by atoms with E-state index < -0.39 is 0 Å². The zero-order chi connectivity index (χ0) is 11.7. The van der Waals surface area contributed by atoms with Crippen molar-refractivity contribution in [3.63, 3.8) is 0 Å². The van der Waals surface area contributed by atoms with E-state index in [1.54, 1.807) is 0 Å². The predicted molar refractivity (Wildman–Crippen MR) is 71.4 cm³/mol. The minimum absolute atomic E-state index is 0. The molecule has 1 aliphatic rings. The molecule has 2 heteroatoms. The molecule has 86 valence electrons. The summed E-state index contributed by atoms with van der Waals surface area (Å²) in [5.74, 6) is 1.40. The Bertz CT molecular complexity index is 450. The van der Waals surface area contributed by atoms with E-state index in [0.29, 0.717) is 0 Å². The largest absolute Gasteiger partial charge is 1.00 e. The number of hydrogen-bond acceptors (Lipinski definition) is 0. The second-order valence-corrected chi connectivity index (χ2v) is 4.89. The summed E-state index contributed by atoms with van der Waals surface area (Å²) in [4.78, 5) is 0. The standard InChI is InChI=1S/C17H16.2Li/c1-17(12-13-17)16(14-8-4-2-5-9-14)15-10-6-3-7-11-15;;/h2-11H,1,12-13H2;;/q-2;2*+1. The number of benzene rings is 2. The van der Waals surface area contributed by atoms with E-state index in [1.807, 2.05) is 0 Å². The summed E-state index contributed by atoms with van der Waals surface area (Å²) in [6, 6.07) is 21.3. The van der Waals surface area contributed by atoms with Gasteiger partial charge in [-0.3, -0.25) is 0 Å². The van der Waals surface area contributed by atoms with Gasteiger partial charge in [0.1, 0.15) is 0 Å². The van der Waals surface area contributed by atoms with Gasteiger partial charge in [0.15, 0.2) is 0 Å². The van der Waals surface area contributed by atoms with Gasteiger partial charge in [0, 0.05) is 0 Å². The molecule has 0 bridgehead atoms. The van der Waals surface area contributed by atoms with Crippen LogP contribution < -0.4 is 37.7 Å². The molecular formula is C17H16Li2. The third kappa shape index (κ3) is 3.53. The molecule has 0 spiro atoms. The van der Waals surface area contributed by atoms with Gasteiger partial charge in [0.25, 0.3) is 0 Å². The molecule has 0 saturated heterocycles. The fraction of sp³-hybridized carbons (Fsp3) is 0.176. The smallest absolute Gasteiger partial charge is 0.340 e. The van der Waals surface area contributed by atoms with Gasteiger partial charge in [-0.25, -0.2) is 0 Å². The van der Waals surface area contributed by atoms with Gasteiger partial charge in [-0.1, -0.05) is 49.2 Å². The third-order valence-corrected chi connectivity index (χ3v) is 3.51. The Hall–Kier alpha value is -0.495. The molecule has 0 aromatic heterocycles. The molecule has 0 heterocycles. The summed E-state index contributed by atoms with van der Waals surface area (Å²) in [5, 5.41) is 0. The molecule has 0 atom stereocenters. The van der Waals surface area contributed by atoms with Crippen LogP contribution in [-0.4, -0.2) is 0 Å². The zero-order valence-corrected chi connectivity index (χ0v) is 11.9. The minimum Gasteiger partial charge on any atom is -0.340 e. The second-order valence-electron chi connectivity index (χ2n) is 4.89. The molecule has 1 fully saturated rings. The summed E-state index contributed by atoms with van der Waals surface area (Å²) in [7, 11) is 0. The van der Waals surface area contributed by atoms with Gasteiger partial charge in [0.05, 0.1) is 0 Å². The van der Waals surface area contributed by atoms with Crippen LogP contribution in [0.15, 0.2) is 60.7 Å². The predicted octanol–water partition coefficient (Wildman–Crippen LogP) is -1.72. The van der Waals surface area contributed by atoms with Crippen LogP contribution in [0.1, 0.15) is 24.0 Å². The van der Waals surface area contributed by atoms with Crippen molar-refractivity contribution in [2.24, 2.45) is 5.41 Å². The van der Waals surface area contributed by atoms with E-state index in [9.17, 15) is 0 Å². The van der Waals surface area contributed by atoms with Gasteiger partial charge >= 0.3 is 37.7 Å². The Morgan fingerprint density at radius 1 is 0.737 bits per heavy atom. The van der Waals surface area contributed by atoms with Crippen LogP contribution in [-0.2, 0) is 0 Å². The van der Waals surface area contributed by atoms with E-state index >= 15 is 0 Å². The first-order valence-corrected chi connectivity index (χ1v) is 6.13. The maximum atomic E-state index is 4.40. The molecule has 3 rings (SSSR count). The van der Waals surface area contributed by atoms with Crippen LogP contribution in [0.5, 0.6) is 0 Å². The van der Waals surface area contributed by atoms with Crippen molar-refractivity contribution in [3.05, 3.63) is 84.6 Å². The second kappa shape index (κ2) is 6.79. The van der Waals surface area contributed by atoms with Gasteiger partial charge < -0.3 is 6.92 Å². The van der Waals surface area contributed by atoms with Crippen molar-refractivity contribution >= 4 is 0 Å². The average Bonchev–Trinajstić information content (AvgIpc) is 3.11. The molecule has 0 nitrogen and oxygen atoms in total. The summed E-state index contributed by atoms with van der Waals surface area (Å²) in [5.41, 5.74) is 2.76. The number of hydrogen-bond donors (Lipinski definition) is 0. The van der Waals surface area contributed by atoms with Crippen molar-refractivity contribution in [1.82, 2.24) is 0 Å².